The highest BCUT2D eigenvalue weighted by Gasteiger charge is 2.33. The Morgan fingerprint density at radius 1 is 1.34 bits per heavy atom. The highest BCUT2D eigenvalue weighted by Crippen LogP contribution is 2.36. The molecule has 29 heavy (non-hydrogen) atoms. The number of halogens is 1. The van der Waals surface area contributed by atoms with Gasteiger partial charge in [-0.15, -0.1) is 4.72 Å². The molecule has 0 bridgehead atoms. The number of hydrogen-bond acceptors (Lipinski definition) is 5. The zero-order valence-electron chi connectivity index (χ0n) is 17.6. The van der Waals surface area contributed by atoms with E-state index in [0.29, 0.717) is 44.2 Å². The van der Waals surface area contributed by atoms with E-state index in [-0.39, 0.29) is 18.2 Å². The molecule has 2 heterocycles. The van der Waals surface area contributed by atoms with Crippen LogP contribution in [-0.4, -0.2) is 39.6 Å². The largest absolute Gasteiger partial charge is 0.598 e. The summed E-state index contributed by atoms with van der Waals surface area (Å²) < 4.78 is 27.2. The fourth-order valence-corrected chi connectivity index (χ4v) is 4.73. The van der Waals surface area contributed by atoms with Gasteiger partial charge in [-0.1, -0.05) is 11.6 Å². The van der Waals surface area contributed by atoms with Gasteiger partial charge in [-0.05, 0) is 62.4 Å². The minimum Gasteiger partial charge on any atom is -0.598 e. The lowest BCUT2D eigenvalue weighted by atomic mass is 9.95. The second kappa shape index (κ2) is 9.54. The van der Waals surface area contributed by atoms with Gasteiger partial charge >= 0.3 is 0 Å². The molecule has 2 aliphatic heterocycles. The molecular formula is C21H31ClN2O4S. The fraction of sp³-hybridized carbons (Fsp3) is 0.667. The van der Waals surface area contributed by atoms with E-state index in [1.807, 2.05) is 32.9 Å². The van der Waals surface area contributed by atoms with Gasteiger partial charge in [0.05, 0.1) is 19.3 Å². The summed E-state index contributed by atoms with van der Waals surface area (Å²) in [6.07, 6.45) is 2.06. The van der Waals surface area contributed by atoms with Crippen molar-refractivity contribution in [3.63, 3.8) is 0 Å². The summed E-state index contributed by atoms with van der Waals surface area (Å²) in [7, 11) is 0. The van der Waals surface area contributed by atoms with Crippen LogP contribution in [0.25, 0.3) is 0 Å². The van der Waals surface area contributed by atoms with Crippen molar-refractivity contribution >= 4 is 28.9 Å². The maximum atomic E-state index is 12.9. The van der Waals surface area contributed by atoms with E-state index in [4.69, 9.17) is 21.1 Å². The van der Waals surface area contributed by atoms with Crippen LogP contribution >= 0.6 is 11.6 Å². The molecule has 162 valence electrons. The number of benzene rings is 1. The SMILES string of the molecule is CC(=O)N1Cc2cc(Cl)cc(C(CCC3OCCCO3)N[S+]([O-])C(C)(C)C)c2C1. The Labute approximate surface area is 181 Å². The minimum atomic E-state index is -1.25. The molecule has 2 atom stereocenters. The van der Waals surface area contributed by atoms with Gasteiger partial charge in [0, 0.05) is 42.8 Å². The molecule has 1 aromatic rings. The van der Waals surface area contributed by atoms with Crippen LogP contribution in [0, 0.1) is 0 Å². The van der Waals surface area contributed by atoms with Gasteiger partial charge < -0.3 is 18.9 Å². The van der Waals surface area contributed by atoms with Crippen LogP contribution in [-0.2, 0) is 38.7 Å². The third-order valence-electron chi connectivity index (χ3n) is 5.27. The van der Waals surface area contributed by atoms with Crippen LogP contribution in [0.3, 0.4) is 0 Å². The number of hydrogen-bond donors (Lipinski definition) is 1. The Bertz CT molecular complexity index is 734. The molecule has 1 saturated heterocycles. The second-order valence-corrected chi connectivity index (χ2v) is 11.1. The van der Waals surface area contributed by atoms with Crippen molar-refractivity contribution in [1.82, 2.24) is 9.62 Å². The van der Waals surface area contributed by atoms with Gasteiger partial charge in [0.1, 0.15) is 4.75 Å². The van der Waals surface area contributed by atoms with Crippen LogP contribution in [0.5, 0.6) is 0 Å². The first-order chi connectivity index (χ1) is 13.6. The zero-order chi connectivity index (χ0) is 21.2. The molecule has 1 aromatic carbocycles. The second-order valence-electron chi connectivity index (χ2n) is 8.66. The molecule has 0 radical (unpaired) electrons. The van der Waals surface area contributed by atoms with Crippen LogP contribution in [0.4, 0.5) is 0 Å². The lowest BCUT2D eigenvalue weighted by molar-refractivity contribution is -0.182. The van der Waals surface area contributed by atoms with Crippen molar-refractivity contribution in [2.75, 3.05) is 13.2 Å². The first kappa shape index (κ1) is 22.8. The lowest BCUT2D eigenvalue weighted by Gasteiger charge is -2.30. The van der Waals surface area contributed by atoms with Crippen molar-refractivity contribution in [2.24, 2.45) is 0 Å². The molecule has 0 spiro atoms. The minimum absolute atomic E-state index is 0.0371. The average Bonchev–Trinajstić information content (AvgIpc) is 3.08. The zero-order valence-corrected chi connectivity index (χ0v) is 19.2. The summed E-state index contributed by atoms with van der Waals surface area (Å²) in [5, 5.41) is 0.627. The number of nitrogens with one attached hydrogen (secondary N) is 1. The molecule has 3 rings (SSSR count). The maximum Gasteiger partial charge on any atom is 0.220 e. The third-order valence-corrected chi connectivity index (χ3v) is 7.09. The number of carbonyl (C=O) groups is 1. The molecule has 6 nitrogen and oxygen atoms in total. The highest BCUT2D eigenvalue weighted by atomic mass is 35.5. The van der Waals surface area contributed by atoms with Crippen molar-refractivity contribution in [1.29, 1.82) is 0 Å². The number of nitrogens with zero attached hydrogens (tertiary/aromatic N) is 1. The molecule has 0 aromatic heterocycles. The topological polar surface area (TPSA) is 73.9 Å². The van der Waals surface area contributed by atoms with Crippen molar-refractivity contribution < 1.29 is 18.8 Å². The summed E-state index contributed by atoms with van der Waals surface area (Å²) in [6.45, 7) is 9.93. The maximum absolute atomic E-state index is 12.9. The molecule has 1 amide bonds. The summed E-state index contributed by atoms with van der Waals surface area (Å²) in [4.78, 5) is 13.7. The molecule has 0 aliphatic carbocycles. The van der Waals surface area contributed by atoms with E-state index in [1.165, 1.54) is 0 Å². The number of rotatable bonds is 6. The Morgan fingerprint density at radius 3 is 2.66 bits per heavy atom. The first-order valence-corrected chi connectivity index (χ1v) is 11.7. The van der Waals surface area contributed by atoms with E-state index in [2.05, 4.69) is 4.72 Å². The van der Waals surface area contributed by atoms with Gasteiger partial charge in [-0.3, -0.25) is 4.79 Å². The summed E-state index contributed by atoms with van der Waals surface area (Å²) >= 11 is 5.17. The summed E-state index contributed by atoms with van der Waals surface area (Å²) in [6, 6.07) is 3.68. The van der Waals surface area contributed by atoms with Crippen molar-refractivity contribution in [3.05, 3.63) is 33.8 Å². The average molecular weight is 443 g/mol. The molecule has 2 unspecified atom stereocenters. The molecule has 1 fully saturated rings. The fourth-order valence-electron chi connectivity index (χ4n) is 3.63. The van der Waals surface area contributed by atoms with E-state index < -0.39 is 16.1 Å². The molecule has 2 aliphatic rings. The van der Waals surface area contributed by atoms with Crippen LogP contribution in [0.2, 0.25) is 5.02 Å². The first-order valence-electron chi connectivity index (χ1n) is 10.1. The molecular weight excluding hydrogens is 412 g/mol. The lowest BCUT2D eigenvalue weighted by Crippen LogP contribution is -2.42. The van der Waals surface area contributed by atoms with E-state index >= 15 is 0 Å². The number of ether oxygens (including phenoxy) is 2. The normalized spacial score (nSPS) is 19.9. The predicted molar refractivity (Wildman–Crippen MR) is 115 cm³/mol. The number of amides is 1. The van der Waals surface area contributed by atoms with Crippen LogP contribution < -0.4 is 4.72 Å². The Hall–Kier alpha value is -0.830. The predicted octanol–water partition coefficient (Wildman–Crippen LogP) is 3.84. The number of carbonyl (C=O) groups excluding carboxylic acids is 1. The van der Waals surface area contributed by atoms with Crippen molar-refractivity contribution in [3.8, 4) is 0 Å². The smallest absolute Gasteiger partial charge is 0.220 e. The van der Waals surface area contributed by atoms with Crippen molar-refractivity contribution in [2.45, 2.75) is 77.1 Å². The van der Waals surface area contributed by atoms with Crippen LogP contribution in [0.15, 0.2) is 12.1 Å². The van der Waals surface area contributed by atoms with E-state index in [9.17, 15) is 9.35 Å². The number of fused-ring (bicyclic) bond motifs is 1. The van der Waals surface area contributed by atoms with Gasteiger partial charge in [0.15, 0.2) is 6.29 Å². The standard InChI is InChI=1S/C21H31ClN2O4S/c1-14(25)24-12-15-10-16(22)11-17(18(15)13-24)19(23-29(26)21(2,3)4)6-7-20-27-8-5-9-28-20/h10-11,19-20,23H,5-9,12-13H2,1-4H3. The summed E-state index contributed by atoms with van der Waals surface area (Å²) in [5.74, 6) is 0.0371. The summed E-state index contributed by atoms with van der Waals surface area (Å²) in [5.41, 5.74) is 3.16. The monoisotopic (exact) mass is 442 g/mol. The van der Waals surface area contributed by atoms with Gasteiger partial charge in [0.25, 0.3) is 0 Å². The quantitative estimate of drug-likeness (QED) is 0.677. The van der Waals surface area contributed by atoms with Gasteiger partial charge in [-0.2, -0.15) is 0 Å². The third kappa shape index (κ3) is 5.87. The Balaban J connectivity index is 1.86. The molecule has 1 N–H and O–H groups in total. The molecule has 0 saturated carbocycles. The Morgan fingerprint density at radius 2 is 2.03 bits per heavy atom. The van der Waals surface area contributed by atoms with E-state index in [0.717, 1.165) is 23.1 Å². The Kier molecular flexibility index (Phi) is 7.51. The highest BCUT2D eigenvalue weighted by molar-refractivity contribution is 7.90. The molecule has 8 heteroatoms. The van der Waals surface area contributed by atoms with Crippen LogP contribution in [0.1, 0.15) is 69.7 Å². The van der Waals surface area contributed by atoms with Gasteiger partial charge in [0.2, 0.25) is 5.91 Å². The van der Waals surface area contributed by atoms with E-state index in [1.54, 1.807) is 11.8 Å². The van der Waals surface area contributed by atoms with Gasteiger partial charge in [-0.25, -0.2) is 0 Å².